The van der Waals surface area contributed by atoms with E-state index in [1.807, 2.05) is 0 Å². The molecule has 0 amide bonds. The number of hydrogen-bond acceptors (Lipinski definition) is 1. The maximum absolute atomic E-state index is 13.9. The van der Waals surface area contributed by atoms with E-state index in [2.05, 4.69) is 33.0 Å². The normalized spacial score (nSPS) is 14.6. The SMILES string of the molecule is CCCC(C)(CNCC(C)C)Cc1cc(Cl)ccc1F. The zero-order valence-electron chi connectivity index (χ0n) is 13.1. The third-order valence-electron chi connectivity index (χ3n) is 3.58. The van der Waals surface area contributed by atoms with E-state index in [1.54, 1.807) is 12.1 Å². The quantitative estimate of drug-likeness (QED) is 0.706. The first kappa shape index (κ1) is 17.5. The minimum Gasteiger partial charge on any atom is -0.316 e. The van der Waals surface area contributed by atoms with E-state index in [0.29, 0.717) is 10.9 Å². The zero-order valence-corrected chi connectivity index (χ0v) is 13.9. The van der Waals surface area contributed by atoms with Crippen molar-refractivity contribution in [2.24, 2.45) is 11.3 Å². The standard InChI is InChI=1S/C17H27ClFN/c1-5-8-17(4,12-20-11-13(2)3)10-14-9-15(18)6-7-16(14)19/h6-7,9,13,20H,5,8,10-12H2,1-4H3. The lowest BCUT2D eigenvalue weighted by Crippen LogP contribution is -2.35. The lowest BCUT2D eigenvalue weighted by atomic mass is 9.79. The summed E-state index contributed by atoms with van der Waals surface area (Å²) in [6.07, 6.45) is 2.89. The van der Waals surface area contributed by atoms with Gasteiger partial charge < -0.3 is 5.32 Å². The molecule has 1 N–H and O–H groups in total. The number of nitrogens with one attached hydrogen (secondary N) is 1. The van der Waals surface area contributed by atoms with Crippen LogP contribution in [-0.2, 0) is 6.42 Å². The van der Waals surface area contributed by atoms with Crippen LogP contribution >= 0.6 is 11.6 Å². The highest BCUT2D eigenvalue weighted by molar-refractivity contribution is 6.30. The predicted octanol–water partition coefficient (Wildman–Crippen LogP) is 5.07. The topological polar surface area (TPSA) is 12.0 Å². The Labute approximate surface area is 127 Å². The van der Waals surface area contributed by atoms with E-state index in [9.17, 15) is 4.39 Å². The summed E-state index contributed by atoms with van der Waals surface area (Å²) < 4.78 is 13.9. The van der Waals surface area contributed by atoms with Gasteiger partial charge >= 0.3 is 0 Å². The summed E-state index contributed by atoms with van der Waals surface area (Å²) in [6.45, 7) is 10.7. The highest BCUT2D eigenvalue weighted by Gasteiger charge is 2.25. The second-order valence-corrected chi connectivity index (χ2v) is 6.93. The minimum atomic E-state index is -0.152. The third kappa shape index (κ3) is 5.80. The molecule has 1 nitrogen and oxygen atoms in total. The Hall–Kier alpha value is -0.600. The van der Waals surface area contributed by atoms with Crippen LogP contribution in [0.15, 0.2) is 18.2 Å². The van der Waals surface area contributed by atoms with Crippen molar-refractivity contribution < 1.29 is 4.39 Å². The molecule has 0 fully saturated rings. The van der Waals surface area contributed by atoms with Gasteiger partial charge in [0.05, 0.1) is 0 Å². The zero-order chi connectivity index (χ0) is 15.2. The smallest absolute Gasteiger partial charge is 0.126 e. The molecule has 114 valence electrons. The van der Waals surface area contributed by atoms with Gasteiger partial charge in [-0.05, 0) is 54.5 Å². The van der Waals surface area contributed by atoms with Crippen molar-refractivity contribution in [3.05, 3.63) is 34.6 Å². The van der Waals surface area contributed by atoms with Crippen LogP contribution in [0.4, 0.5) is 4.39 Å². The molecule has 0 spiro atoms. The van der Waals surface area contributed by atoms with Crippen LogP contribution in [0.1, 0.15) is 46.1 Å². The number of hydrogen-bond donors (Lipinski definition) is 1. The lowest BCUT2D eigenvalue weighted by molar-refractivity contribution is 0.268. The Morgan fingerprint density at radius 3 is 2.65 bits per heavy atom. The summed E-state index contributed by atoms with van der Waals surface area (Å²) in [7, 11) is 0. The second-order valence-electron chi connectivity index (χ2n) is 6.50. The summed E-state index contributed by atoms with van der Waals surface area (Å²) in [6, 6.07) is 4.83. The molecule has 0 heterocycles. The van der Waals surface area contributed by atoms with Gasteiger partial charge in [0.1, 0.15) is 5.82 Å². The van der Waals surface area contributed by atoms with Crippen LogP contribution < -0.4 is 5.32 Å². The van der Waals surface area contributed by atoms with Gasteiger partial charge in [0.2, 0.25) is 0 Å². The molecular weight excluding hydrogens is 273 g/mol. The fourth-order valence-corrected chi connectivity index (χ4v) is 2.84. The van der Waals surface area contributed by atoms with Crippen molar-refractivity contribution >= 4 is 11.6 Å². The Bertz CT molecular complexity index is 419. The first-order chi connectivity index (χ1) is 9.36. The molecular formula is C17H27ClFN. The third-order valence-corrected chi connectivity index (χ3v) is 3.82. The van der Waals surface area contributed by atoms with Crippen LogP contribution in [0.3, 0.4) is 0 Å². The molecule has 3 heteroatoms. The van der Waals surface area contributed by atoms with E-state index in [4.69, 9.17) is 11.6 Å². The van der Waals surface area contributed by atoms with Crippen LogP contribution in [0.25, 0.3) is 0 Å². The fraction of sp³-hybridized carbons (Fsp3) is 0.647. The average molecular weight is 300 g/mol. The summed E-state index contributed by atoms with van der Waals surface area (Å²) in [5, 5.41) is 4.12. The van der Waals surface area contributed by atoms with E-state index >= 15 is 0 Å². The minimum absolute atomic E-state index is 0.0646. The Balaban J connectivity index is 2.76. The first-order valence-corrected chi connectivity index (χ1v) is 7.89. The van der Waals surface area contributed by atoms with Gasteiger partial charge in [-0.15, -0.1) is 0 Å². The fourth-order valence-electron chi connectivity index (χ4n) is 2.64. The van der Waals surface area contributed by atoms with Gasteiger partial charge in [0.25, 0.3) is 0 Å². The van der Waals surface area contributed by atoms with Crippen LogP contribution in [0, 0.1) is 17.2 Å². The molecule has 0 radical (unpaired) electrons. The van der Waals surface area contributed by atoms with Gasteiger partial charge in [-0.3, -0.25) is 0 Å². The van der Waals surface area contributed by atoms with Crippen molar-refractivity contribution in [2.45, 2.75) is 47.0 Å². The Morgan fingerprint density at radius 1 is 1.35 bits per heavy atom. The Kier molecular flexibility index (Phi) is 6.97. The molecule has 1 rings (SSSR count). The van der Waals surface area contributed by atoms with E-state index < -0.39 is 0 Å². The molecule has 0 aliphatic rings. The van der Waals surface area contributed by atoms with Gasteiger partial charge in [-0.2, -0.15) is 0 Å². The van der Waals surface area contributed by atoms with Crippen molar-refractivity contribution in [3.63, 3.8) is 0 Å². The van der Waals surface area contributed by atoms with Gasteiger partial charge in [0.15, 0.2) is 0 Å². The highest BCUT2D eigenvalue weighted by atomic mass is 35.5. The summed E-state index contributed by atoms with van der Waals surface area (Å²) in [5.41, 5.74) is 0.787. The molecule has 0 bridgehead atoms. The summed E-state index contributed by atoms with van der Waals surface area (Å²) >= 11 is 5.99. The molecule has 0 aliphatic carbocycles. The highest BCUT2D eigenvalue weighted by Crippen LogP contribution is 2.30. The van der Waals surface area contributed by atoms with Crippen molar-refractivity contribution in [3.8, 4) is 0 Å². The predicted molar refractivity (Wildman–Crippen MR) is 85.8 cm³/mol. The Morgan fingerprint density at radius 2 is 2.05 bits per heavy atom. The van der Waals surface area contributed by atoms with Crippen molar-refractivity contribution in [1.82, 2.24) is 5.32 Å². The molecule has 1 atom stereocenters. The van der Waals surface area contributed by atoms with E-state index in [0.717, 1.165) is 37.9 Å². The van der Waals surface area contributed by atoms with Crippen LogP contribution in [0.5, 0.6) is 0 Å². The van der Waals surface area contributed by atoms with E-state index in [1.165, 1.54) is 6.07 Å². The molecule has 0 saturated carbocycles. The van der Waals surface area contributed by atoms with Gasteiger partial charge in [0, 0.05) is 11.6 Å². The second kappa shape index (κ2) is 7.99. The summed E-state index contributed by atoms with van der Waals surface area (Å²) in [4.78, 5) is 0. The molecule has 0 aromatic heterocycles. The van der Waals surface area contributed by atoms with Gasteiger partial charge in [-0.25, -0.2) is 4.39 Å². The van der Waals surface area contributed by atoms with Crippen LogP contribution in [0.2, 0.25) is 5.02 Å². The maximum Gasteiger partial charge on any atom is 0.126 e. The monoisotopic (exact) mass is 299 g/mol. The molecule has 1 aromatic carbocycles. The van der Waals surface area contributed by atoms with Crippen LogP contribution in [-0.4, -0.2) is 13.1 Å². The number of rotatable bonds is 8. The maximum atomic E-state index is 13.9. The molecule has 1 unspecified atom stereocenters. The van der Waals surface area contributed by atoms with Crippen molar-refractivity contribution in [1.29, 1.82) is 0 Å². The average Bonchev–Trinajstić information content (AvgIpc) is 2.33. The first-order valence-electron chi connectivity index (χ1n) is 7.51. The number of halogens is 2. The molecule has 20 heavy (non-hydrogen) atoms. The van der Waals surface area contributed by atoms with E-state index in [-0.39, 0.29) is 11.2 Å². The molecule has 0 saturated heterocycles. The van der Waals surface area contributed by atoms with Crippen molar-refractivity contribution in [2.75, 3.05) is 13.1 Å². The molecule has 0 aliphatic heterocycles. The lowest BCUT2D eigenvalue weighted by Gasteiger charge is -2.30. The largest absolute Gasteiger partial charge is 0.316 e. The number of benzene rings is 1. The van der Waals surface area contributed by atoms with Gasteiger partial charge in [-0.1, -0.05) is 45.7 Å². The summed E-state index contributed by atoms with van der Waals surface area (Å²) in [5.74, 6) is 0.476. The molecule has 1 aromatic rings.